The lowest BCUT2D eigenvalue weighted by Crippen LogP contribution is -2.41. The van der Waals surface area contributed by atoms with E-state index < -0.39 is 22.0 Å². The minimum absolute atomic E-state index is 0.0706. The van der Waals surface area contributed by atoms with E-state index in [0.717, 1.165) is 5.56 Å². The Kier molecular flexibility index (Phi) is 7.04. The largest absolute Gasteiger partial charge is 0.495 e. The third kappa shape index (κ3) is 5.24. The third-order valence-corrected chi connectivity index (χ3v) is 5.63. The van der Waals surface area contributed by atoms with E-state index in [2.05, 4.69) is 10.0 Å². The number of rotatable bonds is 8. The van der Waals surface area contributed by atoms with Gasteiger partial charge in [-0.1, -0.05) is 6.07 Å². The van der Waals surface area contributed by atoms with Crippen molar-refractivity contribution in [3.05, 3.63) is 47.5 Å². The molecule has 1 atom stereocenters. The lowest BCUT2D eigenvalue weighted by molar-refractivity contribution is -0.117. The number of hydrogen-bond donors (Lipinski definition) is 2. The molecule has 2 rings (SSSR count). The molecule has 8 heteroatoms. The zero-order chi connectivity index (χ0) is 20.9. The number of nitrogens with one attached hydrogen (secondary N) is 2. The fraction of sp³-hybridized carbons (Fsp3) is 0.350. The highest BCUT2D eigenvalue weighted by molar-refractivity contribution is 7.89. The van der Waals surface area contributed by atoms with Gasteiger partial charge in [0.05, 0.1) is 30.3 Å². The Balaban J connectivity index is 2.14. The standard InChI is InChI=1S/C20H26N2O5S/c1-6-27-18-10-8-16(12-14(18)3)28(24,25)22-15(4)20(23)21-17-11-13(2)7-9-19(17)26-5/h7-12,15,22H,6H2,1-5H3,(H,21,23)/t15-/m0/s1. The Hall–Kier alpha value is -2.58. The Morgan fingerprint density at radius 1 is 1.11 bits per heavy atom. The Morgan fingerprint density at radius 2 is 1.79 bits per heavy atom. The number of aryl methyl sites for hydroxylation is 2. The molecule has 0 aliphatic rings. The first kappa shape index (κ1) is 21.7. The molecule has 0 saturated heterocycles. The minimum Gasteiger partial charge on any atom is -0.495 e. The SMILES string of the molecule is CCOc1ccc(S(=O)(=O)N[C@@H](C)C(=O)Nc2cc(C)ccc2OC)cc1C. The summed E-state index contributed by atoms with van der Waals surface area (Å²) in [4.78, 5) is 12.6. The van der Waals surface area contributed by atoms with Crippen LogP contribution < -0.4 is 19.5 Å². The van der Waals surface area contributed by atoms with Crippen molar-refractivity contribution in [2.75, 3.05) is 19.0 Å². The van der Waals surface area contributed by atoms with Gasteiger partial charge in [0.1, 0.15) is 11.5 Å². The average Bonchev–Trinajstić information content (AvgIpc) is 2.63. The topological polar surface area (TPSA) is 93.7 Å². The van der Waals surface area contributed by atoms with Gasteiger partial charge in [0, 0.05) is 0 Å². The molecule has 7 nitrogen and oxygen atoms in total. The van der Waals surface area contributed by atoms with Crippen LogP contribution in [0.3, 0.4) is 0 Å². The summed E-state index contributed by atoms with van der Waals surface area (Å²) in [5, 5.41) is 2.70. The molecule has 2 aromatic carbocycles. The summed E-state index contributed by atoms with van der Waals surface area (Å²) in [5.41, 5.74) is 2.12. The maximum Gasteiger partial charge on any atom is 0.242 e. The number of benzene rings is 2. The first-order chi connectivity index (χ1) is 13.2. The average molecular weight is 407 g/mol. The van der Waals surface area contributed by atoms with E-state index in [1.54, 1.807) is 25.1 Å². The van der Waals surface area contributed by atoms with Crippen LogP contribution in [0.1, 0.15) is 25.0 Å². The van der Waals surface area contributed by atoms with Gasteiger partial charge in [0.25, 0.3) is 0 Å². The third-order valence-electron chi connectivity index (χ3n) is 4.09. The molecule has 152 valence electrons. The fourth-order valence-electron chi connectivity index (χ4n) is 2.62. The van der Waals surface area contributed by atoms with E-state index in [1.807, 2.05) is 19.9 Å². The van der Waals surface area contributed by atoms with Crippen molar-refractivity contribution in [2.45, 2.75) is 38.6 Å². The van der Waals surface area contributed by atoms with Gasteiger partial charge < -0.3 is 14.8 Å². The van der Waals surface area contributed by atoms with Crippen LogP contribution in [0.5, 0.6) is 11.5 Å². The van der Waals surface area contributed by atoms with Gasteiger partial charge in [-0.3, -0.25) is 4.79 Å². The molecule has 0 fully saturated rings. The molecule has 0 unspecified atom stereocenters. The molecule has 0 spiro atoms. The molecule has 0 bridgehead atoms. The molecular weight excluding hydrogens is 380 g/mol. The molecule has 0 heterocycles. The van der Waals surface area contributed by atoms with Crippen LogP contribution in [0, 0.1) is 13.8 Å². The molecule has 0 aromatic heterocycles. The van der Waals surface area contributed by atoms with E-state index in [4.69, 9.17) is 9.47 Å². The van der Waals surface area contributed by atoms with E-state index in [1.165, 1.54) is 26.2 Å². The number of hydrogen-bond acceptors (Lipinski definition) is 5. The summed E-state index contributed by atoms with van der Waals surface area (Å²) in [7, 11) is -2.37. The smallest absolute Gasteiger partial charge is 0.242 e. The summed E-state index contributed by atoms with van der Waals surface area (Å²) in [6.45, 7) is 7.48. The number of ether oxygens (including phenoxy) is 2. The van der Waals surface area contributed by atoms with E-state index >= 15 is 0 Å². The minimum atomic E-state index is -3.87. The van der Waals surface area contributed by atoms with Gasteiger partial charge in [0.15, 0.2) is 0 Å². The first-order valence-corrected chi connectivity index (χ1v) is 10.4. The van der Waals surface area contributed by atoms with E-state index in [-0.39, 0.29) is 4.90 Å². The monoisotopic (exact) mass is 406 g/mol. The lowest BCUT2D eigenvalue weighted by Gasteiger charge is -2.17. The van der Waals surface area contributed by atoms with Crippen LogP contribution >= 0.6 is 0 Å². The molecule has 2 N–H and O–H groups in total. The summed E-state index contributed by atoms with van der Waals surface area (Å²) < 4.78 is 38.3. The van der Waals surface area contributed by atoms with Crippen LogP contribution in [0.15, 0.2) is 41.3 Å². The summed E-state index contributed by atoms with van der Waals surface area (Å²) >= 11 is 0. The van der Waals surface area contributed by atoms with Crippen LogP contribution in [-0.4, -0.2) is 34.1 Å². The summed E-state index contributed by atoms with van der Waals surface area (Å²) in [6, 6.07) is 8.94. The quantitative estimate of drug-likeness (QED) is 0.703. The molecule has 28 heavy (non-hydrogen) atoms. The maximum atomic E-state index is 12.6. The Morgan fingerprint density at radius 3 is 2.39 bits per heavy atom. The van der Waals surface area contributed by atoms with Gasteiger partial charge in [-0.05, 0) is 69.2 Å². The molecule has 0 saturated carbocycles. The van der Waals surface area contributed by atoms with Gasteiger partial charge in [-0.2, -0.15) is 4.72 Å². The number of sulfonamides is 1. The predicted octanol–water partition coefficient (Wildman–Crippen LogP) is 3.02. The Bertz CT molecular complexity index is 957. The second-order valence-electron chi connectivity index (χ2n) is 6.40. The number of methoxy groups -OCH3 is 1. The molecular formula is C20H26N2O5S. The highest BCUT2D eigenvalue weighted by Crippen LogP contribution is 2.25. The van der Waals surface area contributed by atoms with Crippen molar-refractivity contribution in [1.82, 2.24) is 4.72 Å². The number of amides is 1. The van der Waals surface area contributed by atoms with Crippen LogP contribution in [-0.2, 0) is 14.8 Å². The maximum absolute atomic E-state index is 12.6. The number of anilines is 1. The van der Waals surface area contributed by atoms with Crippen molar-refractivity contribution in [1.29, 1.82) is 0 Å². The van der Waals surface area contributed by atoms with Crippen molar-refractivity contribution in [2.24, 2.45) is 0 Å². The van der Waals surface area contributed by atoms with Crippen molar-refractivity contribution in [3.8, 4) is 11.5 Å². The van der Waals surface area contributed by atoms with Gasteiger partial charge >= 0.3 is 0 Å². The second kappa shape index (κ2) is 9.07. The molecule has 0 radical (unpaired) electrons. The zero-order valence-electron chi connectivity index (χ0n) is 16.7. The normalized spacial score (nSPS) is 12.3. The lowest BCUT2D eigenvalue weighted by atomic mass is 10.2. The summed E-state index contributed by atoms with van der Waals surface area (Å²) in [5.74, 6) is 0.630. The highest BCUT2D eigenvalue weighted by atomic mass is 32.2. The molecule has 1 amide bonds. The second-order valence-corrected chi connectivity index (χ2v) is 8.11. The van der Waals surface area contributed by atoms with Crippen LogP contribution in [0.4, 0.5) is 5.69 Å². The van der Waals surface area contributed by atoms with E-state index in [0.29, 0.717) is 29.4 Å². The van der Waals surface area contributed by atoms with Crippen LogP contribution in [0.2, 0.25) is 0 Å². The van der Waals surface area contributed by atoms with E-state index in [9.17, 15) is 13.2 Å². The van der Waals surface area contributed by atoms with Crippen molar-refractivity contribution < 1.29 is 22.7 Å². The van der Waals surface area contributed by atoms with Crippen molar-refractivity contribution in [3.63, 3.8) is 0 Å². The fourth-order valence-corrected chi connectivity index (χ4v) is 3.91. The molecule has 0 aliphatic heterocycles. The van der Waals surface area contributed by atoms with Gasteiger partial charge in [0.2, 0.25) is 15.9 Å². The highest BCUT2D eigenvalue weighted by Gasteiger charge is 2.23. The van der Waals surface area contributed by atoms with Crippen molar-refractivity contribution >= 4 is 21.6 Å². The summed E-state index contributed by atoms with van der Waals surface area (Å²) in [6.07, 6.45) is 0. The van der Waals surface area contributed by atoms with Gasteiger partial charge in [-0.25, -0.2) is 8.42 Å². The zero-order valence-corrected chi connectivity index (χ0v) is 17.5. The predicted molar refractivity (Wildman–Crippen MR) is 108 cm³/mol. The Labute approximate surface area is 166 Å². The number of carbonyl (C=O) groups excluding carboxylic acids is 1. The van der Waals surface area contributed by atoms with Gasteiger partial charge in [-0.15, -0.1) is 0 Å². The van der Waals surface area contributed by atoms with Crippen LogP contribution in [0.25, 0.3) is 0 Å². The number of carbonyl (C=O) groups is 1. The first-order valence-electron chi connectivity index (χ1n) is 8.89. The molecule has 0 aliphatic carbocycles. The molecule has 2 aromatic rings.